The molecule has 0 aliphatic rings. The largest absolute Gasteiger partial charge is 0.480 e. The topological polar surface area (TPSA) is 58.6 Å². The molecule has 0 amide bonds. The van der Waals surface area contributed by atoms with Crippen LogP contribution in [0.2, 0.25) is 0 Å². The van der Waals surface area contributed by atoms with Gasteiger partial charge in [-0.05, 0) is 12.3 Å². The van der Waals surface area contributed by atoms with Crippen molar-refractivity contribution in [2.24, 2.45) is 5.92 Å². The first-order chi connectivity index (χ1) is 6.07. The Hall–Kier alpha value is -0.610. The van der Waals surface area contributed by atoms with E-state index in [0.717, 1.165) is 0 Å². The lowest BCUT2D eigenvalue weighted by atomic mass is 10.0. The van der Waals surface area contributed by atoms with Crippen molar-refractivity contribution in [1.29, 1.82) is 0 Å². The fraction of sp³-hybridized carbons (Fsp3) is 0.889. The lowest BCUT2D eigenvalue weighted by Crippen LogP contribution is -2.39. The average Bonchev–Trinajstić information content (AvgIpc) is 2.02. The van der Waals surface area contributed by atoms with Gasteiger partial charge in [0.15, 0.2) is 0 Å². The van der Waals surface area contributed by atoms with Crippen LogP contribution in [0.25, 0.3) is 0 Å². The highest BCUT2D eigenvalue weighted by atomic mass is 16.5. The fourth-order valence-electron chi connectivity index (χ4n) is 1.08. The van der Waals surface area contributed by atoms with Crippen LogP contribution in [0, 0.1) is 5.92 Å². The summed E-state index contributed by atoms with van der Waals surface area (Å²) in [5, 5.41) is 11.7. The van der Waals surface area contributed by atoms with Crippen LogP contribution in [0.3, 0.4) is 0 Å². The predicted octanol–water partition coefficient (Wildman–Crippen LogP) is 0.722. The molecule has 0 spiro atoms. The first-order valence-corrected chi connectivity index (χ1v) is 4.53. The normalized spacial score (nSPS) is 13.2. The maximum Gasteiger partial charge on any atom is 0.320 e. The number of carbonyl (C=O) groups is 1. The van der Waals surface area contributed by atoms with Gasteiger partial charge in [0.1, 0.15) is 6.04 Å². The highest BCUT2D eigenvalue weighted by Gasteiger charge is 2.17. The Kier molecular flexibility index (Phi) is 6.54. The molecule has 0 aromatic heterocycles. The monoisotopic (exact) mass is 189 g/mol. The highest BCUT2D eigenvalue weighted by molar-refractivity contribution is 5.73. The summed E-state index contributed by atoms with van der Waals surface area (Å²) in [6.07, 6.45) is 0.652. The van der Waals surface area contributed by atoms with Crippen molar-refractivity contribution in [2.45, 2.75) is 26.3 Å². The smallest absolute Gasteiger partial charge is 0.320 e. The molecule has 1 unspecified atom stereocenters. The van der Waals surface area contributed by atoms with Gasteiger partial charge in [0, 0.05) is 13.7 Å². The minimum atomic E-state index is -0.787. The zero-order chi connectivity index (χ0) is 10.3. The number of ether oxygens (including phenoxy) is 1. The van der Waals surface area contributed by atoms with Gasteiger partial charge in [-0.2, -0.15) is 0 Å². The van der Waals surface area contributed by atoms with Gasteiger partial charge in [0.25, 0.3) is 0 Å². The summed E-state index contributed by atoms with van der Waals surface area (Å²) < 4.78 is 4.82. The molecule has 2 N–H and O–H groups in total. The minimum absolute atomic E-state index is 0.385. The minimum Gasteiger partial charge on any atom is -0.480 e. The van der Waals surface area contributed by atoms with Gasteiger partial charge in [-0.15, -0.1) is 0 Å². The zero-order valence-corrected chi connectivity index (χ0v) is 8.54. The van der Waals surface area contributed by atoms with Crippen molar-refractivity contribution in [1.82, 2.24) is 5.32 Å². The highest BCUT2D eigenvalue weighted by Crippen LogP contribution is 2.04. The summed E-state index contributed by atoms with van der Waals surface area (Å²) in [5.41, 5.74) is 0. The van der Waals surface area contributed by atoms with E-state index in [1.54, 1.807) is 7.11 Å². The molecule has 0 heterocycles. The molecular formula is C9H19NO3. The second kappa shape index (κ2) is 6.86. The molecule has 0 aromatic carbocycles. The standard InChI is InChI=1S/C9H19NO3/c1-7(2)6-8(9(11)12)10-4-5-13-3/h7-8,10H,4-6H2,1-3H3,(H,11,12). The second-order valence-electron chi connectivity index (χ2n) is 3.47. The lowest BCUT2D eigenvalue weighted by Gasteiger charge is -2.15. The number of hydrogen-bond acceptors (Lipinski definition) is 3. The number of nitrogens with one attached hydrogen (secondary N) is 1. The van der Waals surface area contributed by atoms with Gasteiger partial charge in [-0.3, -0.25) is 4.79 Å². The van der Waals surface area contributed by atoms with Gasteiger partial charge in [0.05, 0.1) is 6.61 Å². The number of carboxylic acid groups (broad SMARTS) is 1. The molecule has 0 saturated heterocycles. The summed E-state index contributed by atoms with van der Waals surface area (Å²) in [5.74, 6) is -0.402. The Morgan fingerprint density at radius 1 is 1.54 bits per heavy atom. The molecule has 4 heteroatoms. The van der Waals surface area contributed by atoms with Gasteiger partial charge >= 0.3 is 5.97 Å². The molecule has 13 heavy (non-hydrogen) atoms. The summed E-state index contributed by atoms with van der Waals surface area (Å²) in [4.78, 5) is 10.7. The van der Waals surface area contributed by atoms with Crippen LogP contribution in [-0.2, 0) is 9.53 Å². The van der Waals surface area contributed by atoms with Crippen molar-refractivity contribution < 1.29 is 14.6 Å². The molecule has 0 rings (SSSR count). The molecule has 0 radical (unpaired) electrons. The predicted molar refractivity (Wildman–Crippen MR) is 50.8 cm³/mol. The van der Waals surface area contributed by atoms with Crippen molar-refractivity contribution >= 4 is 5.97 Å². The first kappa shape index (κ1) is 12.4. The van der Waals surface area contributed by atoms with Gasteiger partial charge in [0.2, 0.25) is 0 Å². The Bertz CT molecular complexity index is 148. The van der Waals surface area contributed by atoms with Crippen molar-refractivity contribution in [3.63, 3.8) is 0 Å². The third kappa shape index (κ3) is 6.54. The molecule has 0 bridgehead atoms. The maximum absolute atomic E-state index is 10.7. The molecule has 0 fully saturated rings. The van der Waals surface area contributed by atoms with E-state index in [9.17, 15) is 4.79 Å². The van der Waals surface area contributed by atoms with Crippen LogP contribution in [0.5, 0.6) is 0 Å². The molecular weight excluding hydrogens is 170 g/mol. The second-order valence-corrected chi connectivity index (χ2v) is 3.47. The Morgan fingerprint density at radius 2 is 2.15 bits per heavy atom. The number of carboxylic acids is 1. The SMILES string of the molecule is COCCNC(CC(C)C)C(=O)O. The van der Waals surface area contributed by atoms with Crippen molar-refractivity contribution in [3.8, 4) is 0 Å². The van der Waals surface area contributed by atoms with Crippen molar-refractivity contribution in [3.05, 3.63) is 0 Å². The summed E-state index contributed by atoms with van der Waals surface area (Å²) in [7, 11) is 1.60. The van der Waals surface area contributed by atoms with Crippen LogP contribution in [-0.4, -0.2) is 37.4 Å². The molecule has 0 aliphatic heterocycles. The molecule has 0 saturated carbocycles. The van der Waals surface area contributed by atoms with Gasteiger partial charge < -0.3 is 15.2 Å². The first-order valence-electron chi connectivity index (χ1n) is 4.53. The van der Waals surface area contributed by atoms with Crippen molar-refractivity contribution in [2.75, 3.05) is 20.3 Å². The molecule has 4 nitrogen and oxygen atoms in total. The summed E-state index contributed by atoms with van der Waals surface area (Å²) in [6.45, 7) is 5.14. The molecule has 0 aromatic rings. The Morgan fingerprint density at radius 3 is 2.54 bits per heavy atom. The van der Waals surface area contributed by atoms with Gasteiger partial charge in [-0.25, -0.2) is 0 Å². The number of rotatable bonds is 7. The van der Waals surface area contributed by atoms with Crippen LogP contribution in [0.1, 0.15) is 20.3 Å². The van der Waals surface area contributed by atoms with E-state index in [-0.39, 0.29) is 0 Å². The van der Waals surface area contributed by atoms with Crippen LogP contribution in [0.4, 0.5) is 0 Å². The Balaban J connectivity index is 3.74. The van der Waals surface area contributed by atoms with Crippen LogP contribution in [0.15, 0.2) is 0 Å². The van der Waals surface area contributed by atoms with E-state index in [0.29, 0.717) is 25.5 Å². The van der Waals surface area contributed by atoms with E-state index in [4.69, 9.17) is 9.84 Å². The average molecular weight is 189 g/mol. The van der Waals surface area contributed by atoms with E-state index in [1.807, 2.05) is 13.8 Å². The number of aliphatic carboxylic acids is 1. The number of methoxy groups -OCH3 is 1. The fourth-order valence-corrected chi connectivity index (χ4v) is 1.08. The summed E-state index contributed by atoms with van der Waals surface area (Å²) >= 11 is 0. The number of hydrogen-bond donors (Lipinski definition) is 2. The van der Waals surface area contributed by atoms with Crippen LogP contribution >= 0.6 is 0 Å². The molecule has 78 valence electrons. The third-order valence-corrected chi connectivity index (χ3v) is 1.70. The zero-order valence-electron chi connectivity index (χ0n) is 8.54. The van der Waals surface area contributed by atoms with E-state index < -0.39 is 12.0 Å². The quantitative estimate of drug-likeness (QED) is 0.579. The molecule has 1 atom stereocenters. The maximum atomic E-state index is 10.7. The van der Waals surface area contributed by atoms with E-state index in [1.165, 1.54) is 0 Å². The van der Waals surface area contributed by atoms with Crippen LogP contribution < -0.4 is 5.32 Å². The molecule has 0 aliphatic carbocycles. The lowest BCUT2D eigenvalue weighted by molar-refractivity contribution is -0.139. The van der Waals surface area contributed by atoms with Gasteiger partial charge in [-0.1, -0.05) is 13.8 Å². The summed E-state index contributed by atoms with van der Waals surface area (Å²) in [6, 6.07) is -0.449. The third-order valence-electron chi connectivity index (χ3n) is 1.70. The Labute approximate surface area is 79.3 Å². The van der Waals surface area contributed by atoms with E-state index >= 15 is 0 Å². The van der Waals surface area contributed by atoms with E-state index in [2.05, 4.69) is 5.32 Å².